The van der Waals surface area contributed by atoms with Crippen molar-refractivity contribution < 1.29 is 9.66 Å². The van der Waals surface area contributed by atoms with Crippen molar-refractivity contribution in [2.24, 2.45) is 0 Å². The first-order valence-corrected chi connectivity index (χ1v) is 6.39. The number of hydrogen-bond donors (Lipinski definition) is 0. The summed E-state index contributed by atoms with van der Waals surface area (Å²) in [6, 6.07) is 4.86. The molecule has 1 aromatic rings. The van der Waals surface area contributed by atoms with E-state index in [1.807, 2.05) is 13.8 Å². The SMILES string of the molecule is CCC(Br)C(C)c1cc(OC)ccc1[N+](=O)[O-]. The minimum Gasteiger partial charge on any atom is -0.497 e. The minimum absolute atomic E-state index is 0.0653. The Kier molecular flexibility index (Phi) is 4.93. The predicted octanol–water partition coefficient (Wildman–Crippen LogP) is 3.88. The van der Waals surface area contributed by atoms with Crippen LogP contribution in [0.4, 0.5) is 5.69 Å². The van der Waals surface area contributed by atoms with Gasteiger partial charge in [0, 0.05) is 22.4 Å². The molecule has 94 valence electrons. The number of nitro benzene ring substituents is 1. The number of nitrogens with zero attached hydrogens (tertiary/aromatic N) is 1. The lowest BCUT2D eigenvalue weighted by Crippen LogP contribution is -2.10. The van der Waals surface area contributed by atoms with Gasteiger partial charge in [0.1, 0.15) is 5.75 Å². The number of benzene rings is 1. The van der Waals surface area contributed by atoms with Crippen molar-refractivity contribution in [2.75, 3.05) is 7.11 Å². The number of halogens is 1. The van der Waals surface area contributed by atoms with E-state index in [1.54, 1.807) is 19.2 Å². The van der Waals surface area contributed by atoms with Crippen molar-refractivity contribution in [1.29, 1.82) is 0 Å². The van der Waals surface area contributed by atoms with Crippen molar-refractivity contribution >= 4 is 21.6 Å². The highest BCUT2D eigenvalue weighted by Crippen LogP contribution is 2.35. The predicted molar refractivity (Wildman–Crippen MR) is 71.1 cm³/mol. The van der Waals surface area contributed by atoms with Crippen LogP contribution in [0.1, 0.15) is 31.7 Å². The van der Waals surface area contributed by atoms with E-state index in [0.29, 0.717) is 11.3 Å². The van der Waals surface area contributed by atoms with Crippen LogP contribution < -0.4 is 4.74 Å². The molecule has 5 heteroatoms. The van der Waals surface area contributed by atoms with E-state index < -0.39 is 0 Å². The molecule has 0 saturated heterocycles. The number of methoxy groups -OCH3 is 1. The van der Waals surface area contributed by atoms with Crippen molar-refractivity contribution in [3.63, 3.8) is 0 Å². The van der Waals surface area contributed by atoms with Crippen LogP contribution in [-0.4, -0.2) is 16.9 Å². The molecule has 2 atom stereocenters. The lowest BCUT2D eigenvalue weighted by atomic mass is 9.94. The molecule has 0 aliphatic carbocycles. The summed E-state index contributed by atoms with van der Waals surface area (Å²) in [5, 5.41) is 11.0. The molecule has 2 unspecified atom stereocenters. The molecule has 0 amide bonds. The number of rotatable bonds is 5. The average molecular weight is 302 g/mol. The maximum Gasteiger partial charge on any atom is 0.273 e. The first kappa shape index (κ1) is 14.0. The van der Waals surface area contributed by atoms with Crippen LogP contribution in [0, 0.1) is 10.1 Å². The Morgan fingerprint density at radius 3 is 2.65 bits per heavy atom. The van der Waals surface area contributed by atoms with Crippen LogP contribution in [0.3, 0.4) is 0 Å². The molecule has 4 nitrogen and oxygen atoms in total. The third-order valence-electron chi connectivity index (χ3n) is 2.85. The lowest BCUT2D eigenvalue weighted by Gasteiger charge is -2.17. The molecule has 0 radical (unpaired) electrons. The largest absolute Gasteiger partial charge is 0.497 e. The molecular formula is C12H16BrNO3. The molecule has 0 spiro atoms. The van der Waals surface area contributed by atoms with E-state index in [-0.39, 0.29) is 21.4 Å². The normalized spacial score (nSPS) is 14.1. The first-order chi connectivity index (χ1) is 8.01. The van der Waals surface area contributed by atoms with Gasteiger partial charge in [-0.15, -0.1) is 0 Å². The summed E-state index contributed by atoms with van der Waals surface area (Å²) >= 11 is 3.55. The Hall–Kier alpha value is -1.10. The van der Waals surface area contributed by atoms with E-state index >= 15 is 0 Å². The highest BCUT2D eigenvalue weighted by Gasteiger charge is 2.23. The average Bonchev–Trinajstić information content (AvgIpc) is 2.35. The van der Waals surface area contributed by atoms with Crippen molar-refractivity contribution in [1.82, 2.24) is 0 Å². The Bertz CT molecular complexity index is 409. The zero-order valence-corrected chi connectivity index (χ0v) is 11.7. The van der Waals surface area contributed by atoms with E-state index in [9.17, 15) is 10.1 Å². The van der Waals surface area contributed by atoms with Gasteiger partial charge >= 0.3 is 0 Å². The quantitative estimate of drug-likeness (QED) is 0.471. The van der Waals surface area contributed by atoms with Gasteiger partial charge in [0.2, 0.25) is 0 Å². The summed E-state index contributed by atoms with van der Waals surface area (Å²) in [6.07, 6.45) is 0.912. The molecule has 1 aromatic carbocycles. The van der Waals surface area contributed by atoms with Crippen molar-refractivity contribution in [3.05, 3.63) is 33.9 Å². The van der Waals surface area contributed by atoms with Gasteiger partial charge in [-0.05, 0) is 18.6 Å². The smallest absolute Gasteiger partial charge is 0.273 e. The van der Waals surface area contributed by atoms with Gasteiger partial charge < -0.3 is 4.74 Å². The van der Waals surface area contributed by atoms with Crippen LogP contribution in [0.25, 0.3) is 0 Å². The molecule has 0 saturated carbocycles. The Morgan fingerprint density at radius 1 is 1.53 bits per heavy atom. The molecule has 0 aliphatic heterocycles. The fourth-order valence-electron chi connectivity index (χ4n) is 1.74. The van der Waals surface area contributed by atoms with Gasteiger partial charge in [-0.25, -0.2) is 0 Å². The second-order valence-corrected chi connectivity index (χ2v) is 5.07. The lowest BCUT2D eigenvalue weighted by molar-refractivity contribution is -0.385. The zero-order valence-electron chi connectivity index (χ0n) is 10.1. The zero-order chi connectivity index (χ0) is 13.0. The van der Waals surface area contributed by atoms with Crippen LogP contribution >= 0.6 is 15.9 Å². The summed E-state index contributed by atoms with van der Waals surface area (Å²) < 4.78 is 5.12. The molecule has 1 rings (SSSR count). The van der Waals surface area contributed by atoms with Crippen LogP contribution in [0.15, 0.2) is 18.2 Å². The van der Waals surface area contributed by atoms with Gasteiger partial charge in [-0.1, -0.05) is 29.8 Å². The summed E-state index contributed by atoms with van der Waals surface area (Å²) in [6.45, 7) is 4.02. The number of nitro groups is 1. The molecule has 0 heterocycles. The summed E-state index contributed by atoms with van der Waals surface area (Å²) in [5.74, 6) is 0.712. The highest BCUT2D eigenvalue weighted by atomic mass is 79.9. The number of hydrogen-bond acceptors (Lipinski definition) is 3. The third kappa shape index (κ3) is 3.19. The number of ether oxygens (including phenoxy) is 1. The van der Waals surface area contributed by atoms with E-state index in [2.05, 4.69) is 15.9 Å². The standard InChI is InChI=1S/C12H16BrNO3/c1-4-11(13)8(2)10-7-9(17-3)5-6-12(10)14(15)16/h5-8,11H,4H2,1-3H3. The van der Waals surface area contributed by atoms with Gasteiger partial charge in [0.25, 0.3) is 5.69 Å². The number of alkyl halides is 1. The van der Waals surface area contributed by atoms with Crippen molar-refractivity contribution in [2.45, 2.75) is 31.0 Å². The molecule has 0 fully saturated rings. The Labute approximate surface area is 109 Å². The third-order valence-corrected chi connectivity index (χ3v) is 4.29. The summed E-state index contributed by atoms with van der Waals surface area (Å²) in [7, 11) is 1.56. The van der Waals surface area contributed by atoms with Crippen LogP contribution in [-0.2, 0) is 0 Å². The van der Waals surface area contributed by atoms with Crippen LogP contribution in [0.5, 0.6) is 5.75 Å². The van der Waals surface area contributed by atoms with Gasteiger partial charge in [0.15, 0.2) is 0 Å². The molecule has 0 aromatic heterocycles. The van der Waals surface area contributed by atoms with Crippen LogP contribution in [0.2, 0.25) is 0 Å². The second kappa shape index (κ2) is 6.00. The van der Waals surface area contributed by atoms with E-state index in [1.165, 1.54) is 6.07 Å². The molecule has 17 heavy (non-hydrogen) atoms. The highest BCUT2D eigenvalue weighted by molar-refractivity contribution is 9.09. The van der Waals surface area contributed by atoms with E-state index in [0.717, 1.165) is 6.42 Å². The van der Waals surface area contributed by atoms with Gasteiger partial charge in [0.05, 0.1) is 12.0 Å². The molecule has 0 aliphatic rings. The fraction of sp³-hybridized carbons (Fsp3) is 0.500. The monoisotopic (exact) mass is 301 g/mol. The fourth-order valence-corrected chi connectivity index (χ4v) is 2.02. The minimum atomic E-state index is -0.347. The van der Waals surface area contributed by atoms with Gasteiger partial charge in [-0.2, -0.15) is 0 Å². The van der Waals surface area contributed by atoms with Crippen molar-refractivity contribution in [3.8, 4) is 5.75 Å². The summed E-state index contributed by atoms with van der Waals surface area (Å²) in [5.41, 5.74) is 0.856. The Morgan fingerprint density at radius 2 is 2.18 bits per heavy atom. The van der Waals surface area contributed by atoms with Gasteiger partial charge in [-0.3, -0.25) is 10.1 Å². The molecule has 0 bridgehead atoms. The molecule has 0 N–H and O–H groups in total. The Balaban J connectivity index is 3.21. The first-order valence-electron chi connectivity index (χ1n) is 5.47. The maximum atomic E-state index is 11.0. The topological polar surface area (TPSA) is 52.4 Å². The second-order valence-electron chi connectivity index (χ2n) is 3.89. The van der Waals surface area contributed by atoms with E-state index in [4.69, 9.17) is 4.74 Å². The maximum absolute atomic E-state index is 11.0. The summed E-state index contributed by atoms with van der Waals surface area (Å²) in [4.78, 5) is 10.9. The molecular weight excluding hydrogens is 286 g/mol.